The second-order valence-corrected chi connectivity index (χ2v) is 9.39. The van der Waals surface area contributed by atoms with Crippen molar-refractivity contribution in [3.63, 3.8) is 0 Å². The standard InChI is InChI=1S/C26H19Cl2F3N8O2/c1-38-21-19(27)18(41-17(10-32)20-22(28)34-8-7-33-20)11-35-23(21)37-25(38)36-16-9-15(26(29,30)31)13-39(24(16)40)12-14-5-3-2-4-6-14/h2-11,13,32-33H,12H2,1H3,(H,35,36,37)/b20-17+,32-10?. The number of aryl methyl sites for hydroxylation is 1. The fourth-order valence-corrected chi connectivity index (χ4v) is 4.49. The summed E-state index contributed by atoms with van der Waals surface area (Å²) < 4.78 is 49.4. The second kappa shape index (κ2) is 11.1. The molecule has 0 unspecified atom stereocenters. The van der Waals surface area contributed by atoms with E-state index in [4.69, 9.17) is 33.3 Å². The van der Waals surface area contributed by atoms with Crippen LogP contribution >= 0.6 is 23.2 Å². The van der Waals surface area contributed by atoms with Gasteiger partial charge in [-0.2, -0.15) is 18.2 Å². The smallest absolute Gasteiger partial charge is 0.417 e. The Balaban J connectivity index is 1.53. The molecule has 41 heavy (non-hydrogen) atoms. The van der Waals surface area contributed by atoms with E-state index >= 15 is 0 Å². The van der Waals surface area contributed by atoms with Gasteiger partial charge in [0.15, 0.2) is 22.3 Å². The van der Waals surface area contributed by atoms with E-state index in [0.717, 1.165) is 23.0 Å². The molecule has 3 aromatic heterocycles. The van der Waals surface area contributed by atoms with Crippen LogP contribution in [0.5, 0.6) is 5.75 Å². The average Bonchev–Trinajstić information content (AvgIpc) is 3.26. The molecule has 0 bridgehead atoms. The molecule has 0 amide bonds. The molecule has 4 aromatic rings. The van der Waals surface area contributed by atoms with Gasteiger partial charge in [-0.15, -0.1) is 0 Å². The van der Waals surface area contributed by atoms with Gasteiger partial charge in [0, 0.05) is 25.6 Å². The Bertz CT molecular complexity index is 1810. The molecule has 1 aliphatic rings. The van der Waals surface area contributed by atoms with Crippen LogP contribution < -0.4 is 20.9 Å². The number of nitrogens with one attached hydrogen (secondary N) is 3. The lowest BCUT2D eigenvalue weighted by atomic mass is 10.2. The number of benzene rings is 1. The zero-order valence-electron chi connectivity index (χ0n) is 21.0. The van der Waals surface area contributed by atoms with Gasteiger partial charge in [0.1, 0.15) is 21.9 Å². The number of allylic oxidation sites excluding steroid dienone is 2. The molecular weight excluding hydrogens is 584 g/mol. The molecule has 210 valence electrons. The number of fused-ring (bicyclic) bond motifs is 1. The molecule has 0 atom stereocenters. The molecule has 10 nitrogen and oxygen atoms in total. The van der Waals surface area contributed by atoms with Crippen molar-refractivity contribution in [3.05, 3.63) is 99.2 Å². The lowest BCUT2D eigenvalue weighted by molar-refractivity contribution is -0.138. The number of nitrogens with zero attached hydrogens (tertiary/aromatic N) is 5. The summed E-state index contributed by atoms with van der Waals surface area (Å²) in [5.74, 6) is 0.0496. The van der Waals surface area contributed by atoms with Crippen molar-refractivity contribution in [1.29, 1.82) is 5.41 Å². The minimum atomic E-state index is -4.70. The number of halogens is 5. The molecule has 5 rings (SSSR count). The zero-order valence-corrected chi connectivity index (χ0v) is 22.5. The zero-order chi connectivity index (χ0) is 29.3. The number of imidazole rings is 1. The molecule has 0 saturated carbocycles. The van der Waals surface area contributed by atoms with E-state index in [1.807, 2.05) is 0 Å². The van der Waals surface area contributed by atoms with Crippen molar-refractivity contribution in [2.75, 3.05) is 5.32 Å². The number of hydrogen-bond acceptors (Lipinski definition) is 8. The van der Waals surface area contributed by atoms with E-state index in [-0.39, 0.29) is 56.7 Å². The SMILES string of the molecule is Cn1c(Nc2cc(C(F)(F)F)cn(Cc3ccccc3)c2=O)nc2ncc(O/C(C=N)=C3/NC=CN=C3Cl)c(Cl)c21. The van der Waals surface area contributed by atoms with Crippen LogP contribution in [0.1, 0.15) is 11.1 Å². The normalized spacial score (nSPS) is 14.4. The van der Waals surface area contributed by atoms with Crippen molar-refractivity contribution in [2.24, 2.45) is 12.0 Å². The first kappa shape index (κ1) is 27.9. The van der Waals surface area contributed by atoms with E-state index < -0.39 is 17.3 Å². The van der Waals surface area contributed by atoms with Gasteiger partial charge in [-0.05, 0) is 11.6 Å². The van der Waals surface area contributed by atoms with Gasteiger partial charge < -0.3 is 29.9 Å². The highest BCUT2D eigenvalue weighted by atomic mass is 35.5. The Morgan fingerprint density at radius 1 is 1.24 bits per heavy atom. The summed E-state index contributed by atoms with van der Waals surface area (Å²) in [7, 11) is 1.54. The maximum atomic E-state index is 13.7. The fourth-order valence-electron chi connectivity index (χ4n) is 3.99. The third-order valence-electron chi connectivity index (χ3n) is 5.95. The molecule has 1 aliphatic heterocycles. The predicted molar refractivity (Wildman–Crippen MR) is 150 cm³/mol. The number of hydrogen-bond donors (Lipinski definition) is 3. The maximum Gasteiger partial charge on any atom is 0.417 e. The highest BCUT2D eigenvalue weighted by Crippen LogP contribution is 2.35. The van der Waals surface area contributed by atoms with Crippen LogP contribution in [-0.2, 0) is 19.8 Å². The quantitative estimate of drug-likeness (QED) is 0.188. The first-order chi connectivity index (χ1) is 19.6. The number of alkyl halides is 3. The highest BCUT2D eigenvalue weighted by molar-refractivity contribution is 6.69. The van der Waals surface area contributed by atoms with E-state index in [9.17, 15) is 18.0 Å². The minimum Gasteiger partial charge on any atom is -0.450 e. The van der Waals surface area contributed by atoms with Crippen LogP contribution in [0, 0.1) is 5.41 Å². The summed E-state index contributed by atoms with van der Waals surface area (Å²) in [6, 6.07) is 9.37. The Morgan fingerprint density at radius 3 is 2.68 bits per heavy atom. The molecule has 0 spiro atoms. The minimum absolute atomic E-state index is 0.00500. The van der Waals surface area contributed by atoms with E-state index in [2.05, 4.69) is 25.6 Å². The first-order valence-electron chi connectivity index (χ1n) is 11.8. The fraction of sp³-hybridized carbons (Fsp3) is 0.115. The summed E-state index contributed by atoms with van der Waals surface area (Å²) in [5.41, 5.74) is -0.780. The highest BCUT2D eigenvalue weighted by Gasteiger charge is 2.32. The number of aliphatic imine (C=N–C) groups is 1. The lowest BCUT2D eigenvalue weighted by Gasteiger charge is -2.15. The summed E-state index contributed by atoms with van der Waals surface area (Å²) in [6.07, 6.45) is 1.18. The molecule has 0 radical (unpaired) electrons. The molecule has 4 heterocycles. The van der Waals surface area contributed by atoms with Gasteiger partial charge >= 0.3 is 6.18 Å². The van der Waals surface area contributed by atoms with E-state index in [0.29, 0.717) is 5.56 Å². The monoisotopic (exact) mass is 602 g/mol. The van der Waals surface area contributed by atoms with Gasteiger partial charge in [0.25, 0.3) is 5.56 Å². The summed E-state index contributed by atoms with van der Waals surface area (Å²) in [5, 5.41) is 13.4. The molecule has 3 N–H and O–H groups in total. The van der Waals surface area contributed by atoms with Crippen LogP contribution in [0.25, 0.3) is 11.2 Å². The first-order valence-corrected chi connectivity index (χ1v) is 12.5. The van der Waals surface area contributed by atoms with Crippen LogP contribution in [-0.4, -0.2) is 30.5 Å². The third kappa shape index (κ3) is 5.67. The largest absolute Gasteiger partial charge is 0.450 e. The number of aromatic nitrogens is 4. The number of pyridine rings is 2. The average molecular weight is 603 g/mol. The summed E-state index contributed by atoms with van der Waals surface area (Å²) in [4.78, 5) is 25.7. The van der Waals surface area contributed by atoms with Crippen LogP contribution in [0.2, 0.25) is 5.02 Å². The molecule has 1 aromatic carbocycles. The number of rotatable bonds is 7. The van der Waals surface area contributed by atoms with Gasteiger partial charge in [0.05, 0.1) is 24.5 Å². The van der Waals surface area contributed by atoms with Gasteiger partial charge in [-0.3, -0.25) is 4.79 Å². The van der Waals surface area contributed by atoms with Crippen molar-refractivity contribution >= 4 is 57.4 Å². The van der Waals surface area contributed by atoms with Crippen LogP contribution in [0.4, 0.5) is 24.8 Å². The summed E-state index contributed by atoms with van der Waals surface area (Å²) in [6.45, 7) is -0.0703. The topological polar surface area (TPSA) is 122 Å². The van der Waals surface area contributed by atoms with Crippen molar-refractivity contribution in [3.8, 4) is 5.75 Å². The Hall–Kier alpha value is -4.62. The van der Waals surface area contributed by atoms with Gasteiger partial charge in [0.2, 0.25) is 5.95 Å². The van der Waals surface area contributed by atoms with Crippen molar-refractivity contribution < 1.29 is 17.9 Å². The molecule has 0 fully saturated rings. The number of ether oxygens (including phenoxy) is 1. The molecule has 0 saturated heterocycles. The summed E-state index contributed by atoms with van der Waals surface area (Å²) >= 11 is 12.7. The predicted octanol–water partition coefficient (Wildman–Crippen LogP) is 5.55. The van der Waals surface area contributed by atoms with E-state index in [1.165, 1.54) is 30.2 Å². The van der Waals surface area contributed by atoms with Crippen molar-refractivity contribution in [2.45, 2.75) is 12.7 Å². The van der Waals surface area contributed by atoms with Crippen molar-refractivity contribution in [1.82, 2.24) is 24.4 Å². The second-order valence-electron chi connectivity index (χ2n) is 8.65. The maximum absolute atomic E-state index is 13.7. The molecule has 0 aliphatic carbocycles. The Kier molecular flexibility index (Phi) is 7.56. The molecule has 15 heteroatoms. The third-order valence-corrected chi connectivity index (χ3v) is 6.61. The Morgan fingerprint density at radius 2 is 2.00 bits per heavy atom. The van der Waals surface area contributed by atoms with E-state index in [1.54, 1.807) is 30.3 Å². The van der Waals surface area contributed by atoms with Crippen LogP contribution in [0.15, 0.2) is 82.4 Å². The molecular formula is C26H19Cl2F3N8O2. The van der Waals surface area contributed by atoms with Gasteiger partial charge in [-0.25, -0.2) is 9.98 Å². The van der Waals surface area contributed by atoms with Crippen LogP contribution in [0.3, 0.4) is 0 Å². The number of anilines is 2. The van der Waals surface area contributed by atoms with Gasteiger partial charge in [-0.1, -0.05) is 53.5 Å². The Labute approximate surface area is 239 Å². The lowest BCUT2D eigenvalue weighted by Crippen LogP contribution is -2.25.